The van der Waals surface area contributed by atoms with E-state index in [1.807, 2.05) is 0 Å². The zero-order valence-corrected chi connectivity index (χ0v) is 21.7. The van der Waals surface area contributed by atoms with E-state index in [1.165, 1.54) is 48.5 Å². The first-order chi connectivity index (χ1) is 20.1. The first-order valence-electron chi connectivity index (χ1n) is 12.7. The molecular formula is C30H25O12-. The van der Waals surface area contributed by atoms with Crippen LogP contribution >= 0.6 is 0 Å². The van der Waals surface area contributed by atoms with Crippen LogP contribution in [0, 0.1) is 0 Å². The number of phenols is 2. The number of ether oxygens (including phenoxy) is 3. The summed E-state index contributed by atoms with van der Waals surface area (Å²) in [5.74, 6) is -1.56. The van der Waals surface area contributed by atoms with Gasteiger partial charge in [-0.25, -0.2) is 4.79 Å². The Morgan fingerprint density at radius 3 is 2.26 bits per heavy atom. The number of aromatic hydroxyl groups is 2. The number of aliphatic hydroxyl groups excluding tert-OH is 3. The monoisotopic (exact) mass is 577 g/mol. The molecule has 2 aromatic carbocycles. The smallest absolute Gasteiger partial charge is 0.330 e. The van der Waals surface area contributed by atoms with E-state index in [0.717, 1.165) is 18.2 Å². The molecule has 2 aliphatic heterocycles. The van der Waals surface area contributed by atoms with Crippen LogP contribution in [0.15, 0.2) is 82.0 Å². The van der Waals surface area contributed by atoms with Gasteiger partial charge in [-0.05, 0) is 60.2 Å². The molecule has 2 heterocycles. The Balaban J connectivity index is 1.38. The van der Waals surface area contributed by atoms with Gasteiger partial charge in [-0.3, -0.25) is 4.79 Å². The lowest BCUT2D eigenvalue weighted by atomic mass is 9.99. The summed E-state index contributed by atoms with van der Waals surface area (Å²) in [7, 11) is 0. The largest absolute Gasteiger partial charge is 0.872 e. The highest BCUT2D eigenvalue weighted by molar-refractivity contribution is 5.87. The molecule has 218 valence electrons. The summed E-state index contributed by atoms with van der Waals surface area (Å²) in [6, 6.07) is 15.0. The standard InChI is InChI=1S/C30H26O12/c31-17-6-1-15(2-7-17)3-10-25(35)39-14-24-26(36)27(37)28(38)30(42-24)41-23-13-20-21(34)11-19(33)12-22(20)40-29(23)16-4-8-18(32)9-5-16/h1-13,24,26-28,30-32,34,36-38H,14H2/p-1/b10-3+/t24-,26-,27+,28-,30-/m1/s1. The summed E-state index contributed by atoms with van der Waals surface area (Å²) in [5, 5.41) is 63.1. The van der Waals surface area contributed by atoms with Gasteiger partial charge in [0.2, 0.25) is 6.29 Å². The number of carbonyl (C=O) groups is 1. The van der Waals surface area contributed by atoms with Gasteiger partial charge in [-0.1, -0.05) is 17.9 Å². The van der Waals surface area contributed by atoms with Crippen molar-refractivity contribution in [1.82, 2.24) is 0 Å². The van der Waals surface area contributed by atoms with Gasteiger partial charge in [0.05, 0.1) is 0 Å². The van der Waals surface area contributed by atoms with Gasteiger partial charge in [-0.15, -0.1) is 0 Å². The molecule has 0 spiro atoms. The first kappa shape index (κ1) is 28.6. The van der Waals surface area contributed by atoms with Crippen molar-refractivity contribution in [1.29, 1.82) is 0 Å². The van der Waals surface area contributed by atoms with E-state index in [2.05, 4.69) is 0 Å². The van der Waals surface area contributed by atoms with Gasteiger partial charge >= 0.3 is 5.97 Å². The highest BCUT2D eigenvalue weighted by Gasteiger charge is 2.45. The van der Waals surface area contributed by atoms with E-state index in [9.17, 15) is 40.2 Å². The predicted octanol–water partition coefficient (Wildman–Crippen LogP) is 1.34. The second kappa shape index (κ2) is 11.9. The van der Waals surface area contributed by atoms with Crippen LogP contribution in [0.5, 0.6) is 23.0 Å². The number of phenolic OH excluding ortho intramolecular Hbond substituents is 2. The molecule has 42 heavy (non-hydrogen) atoms. The quantitative estimate of drug-likeness (QED) is 0.156. The third kappa shape index (κ3) is 6.21. The topological polar surface area (TPSA) is 199 Å². The third-order valence-electron chi connectivity index (χ3n) is 6.52. The van der Waals surface area contributed by atoms with Gasteiger partial charge in [0.15, 0.2) is 16.9 Å². The average Bonchev–Trinajstić information content (AvgIpc) is 2.97. The van der Waals surface area contributed by atoms with Gasteiger partial charge in [0.25, 0.3) is 0 Å². The number of hydrogen-bond acceptors (Lipinski definition) is 12. The van der Waals surface area contributed by atoms with Gasteiger partial charge < -0.3 is 49.3 Å². The maximum atomic E-state index is 12.5. The van der Waals surface area contributed by atoms with Gasteiger partial charge in [-0.2, -0.15) is 0 Å². The molecule has 0 amide bonds. The van der Waals surface area contributed by atoms with Crippen molar-refractivity contribution in [3.8, 4) is 45.6 Å². The number of carbonyl (C=O) groups excluding carboxylic acids is 1. The molecule has 0 saturated carbocycles. The van der Waals surface area contributed by atoms with Crippen LogP contribution in [0.3, 0.4) is 0 Å². The molecule has 3 aliphatic rings. The second-order valence-electron chi connectivity index (χ2n) is 9.51. The SMILES string of the molecule is O=C(/C=C/c1ccc(O)cc1)OC[C@H]1O[C@@H](Oc2cc3c([O-])cc(=O)cc-3oc2-c2ccc(O)cc2)[C@H](O)[C@@H](O)[C@@H]1O. The zero-order valence-electron chi connectivity index (χ0n) is 21.7. The van der Waals surface area contributed by atoms with E-state index in [4.69, 9.17) is 18.6 Å². The van der Waals surface area contributed by atoms with Crippen LogP contribution < -0.4 is 15.3 Å². The molecule has 5 rings (SSSR count). The fourth-order valence-electron chi connectivity index (χ4n) is 4.30. The molecule has 12 heteroatoms. The summed E-state index contributed by atoms with van der Waals surface area (Å²) >= 11 is 0. The molecule has 5 atom stereocenters. The van der Waals surface area contributed by atoms with E-state index in [0.29, 0.717) is 11.1 Å². The molecule has 1 saturated heterocycles. The fraction of sp³-hybridized carbons (Fsp3) is 0.200. The minimum atomic E-state index is -1.78. The Kier molecular flexibility index (Phi) is 8.13. The summed E-state index contributed by atoms with van der Waals surface area (Å²) in [5.41, 5.74) is 0.401. The molecule has 0 unspecified atom stereocenters. The molecule has 5 N–H and O–H groups in total. The Morgan fingerprint density at radius 1 is 0.905 bits per heavy atom. The number of benzene rings is 3. The lowest BCUT2D eigenvalue weighted by Gasteiger charge is -2.40. The van der Waals surface area contributed by atoms with Crippen LogP contribution in [0.1, 0.15) is 5.56 Å². The number of fused-ring (bicyclic) bond motifs is 1. The van der Waals surface area contributed by atoms with Crippen molar-refractivity contribution in [3.63, 3.8) is 0 Å². The zero-order chi connectivity index (χ0) is 30.0. The average molecular weight is 578 g/mol. The third-order valence-corrected chi connectivity index (χ3v) is 6.52. The van der Waals surface area contributed by atoms with Crippen molar-refractivity contribution in [2.45, 2.75) is 30.7 Å². The Labute approximate surface area is 237 Å². The molecule has 0 radical (unpaired) electrons. The number of rotatable bonds is 7. The summed E-state index contributed by atoms with van der Waals surface area (Å²) < 4.78 is 22.5. The van der Waals surface area contributed by atoms with E-state index in [1.54, 1.807) is 12.1 Å². The van der Waals surface area contributed by atoms with Crippen LogP contribution in [-0.2, 0) is 14.3 Å². The molecule has 2 aromatic rings. The molecule has 1 aliphatic carbocycles. The molecular weight excluding hydrogens is 552 g/mol. The molecule has 12 nitrogen and oxygen atoms in total. The minimum Gasteiger partial charge on any atom is -0.872 e. The van der Waals surface area contributed by atoms with E-state index >= 15 is 0 Å². The van der Waals surface area contributed by atoms with Crippen LogP contribution in [0.4, 0.5) is 0 Å². The minimum absolute atomic E-state index is 0.00579. The van der Waals surface area contributed by atoms with Crippen molar-refractivity contribution in [2.75, 3.05) is 6.61 Å². The number of hydrogen-bond donors (Lipinski definition) is 5. The number of aliphatic hydroxyl groups is 3. The predicted molar refractivity (Wildman–Crippen MR) is 144 cm³/mol. The normalized spacial score (nSPS) is 22.3. The lowest BCUT2D eigenvalue weighted by Crippen LogP contribution is -2.60. The Morgan fingerprint density at radius 2 is 1.57 bits per heavy atom. The molecule has 1 fully saturated rings. The summed E-state index contributed by atoms with van der Waals surface area (Å²) in [4.78, 5) is 24.1. The highest BCUT2D eigenvalue weighted by atomic mass is 16.7. The molecule has 0 aromatic heterocycles. The maximum Gasteiger partial charge on any atom is 0.330 e. The van der Waals surface area contributed by atoms with Crippen molar-refractivity contribution in [2.24, 2.45) is 0 Å². The van der Waals surface area contributed by atoms with Gasteiger partial charge in [0, 0.05) is 23.3 Å². The second-order valence-corrected chi connectivity index (χ2v) is 9.51. The van der Waals surface area contributed by atoms with E-state index in [-0.39, 0.29) is 34.3 Å². The highest BCUT2D eigenvalue weighted by Crippen LogP contribution is 2.41. The van der Waals surface area contributed by atoms with Crippen LogP contribution in [-0.4, -0.2) is 68.8 Å². The lowest BCUT2D eigenvalue weighted by molar-refractivity contribution is -0.278. The molecule has 0 bridgehead atoms. The van der Waals surface area contributed by atoms with Crippen molar-refractivity contribution in [3.05, 3.63) is 88.6 Å². The fourth-order valence-corrected chi connectivity index (χ4v) is 4.30. The Bertz CT molecular complexity index is 1610. The first-order valence-corrected chi connectivity index (χ1v) is 12.7. The van der Waals surface area contributed by atoms with E-state index < -0.39 is 54.5 Å². The summed E-state index contributed by atoms with van der Waals surface area (Å²) in [6.45, 7) is -0.520. The van der Waals surface area contributed by atoms with Crippen molar-refractivity contribution >= 4 is 12.0 Å². The summed E-state index contributed by atoms with van der Waals surface area (Å²) in [6.07, 6.45) is -5.60. The number of esters is 1. The van der Waals surface area contributed by atoms with Crippen LogP contribution in [0.2, 0.25) is 0 Å². The van der Waals surface area contributed by atoms with Crippen molar-refractivity contribution < 1.29 is 54.1 Å². The van der Waals surface area contributed by atoms with Crippen LogP contribution in [0.25, 0.3) is 28.7 Å². The Hall–Kier alpha value is -4.88. The maximum absolute atomic E-state index is 12.5. The van der Waals surface area contributed by atoms with Gasteiger partial charge in [0.1, 0.15) is 48.3 Å².